The van der Waals surface area contributed by atoms with Gasteiger partial charge in [-0.1, -0.05) is 41.9 Å². The Labute approximate surface area is 266 Å². The third-order valence-electron chi connectivity index (χ3n) is 7.35. The van der Waals surface area contributed by atoms with E-state index in [0.717, 1.165) is 21.8 Å². The van der Waals surface area contributed by atoms with Crippen molar-refractivity contribution in [1.29, 1.82) is 0 Å². The number of halogens is 2. The zero-order chi connectivity index (χ0) is 29.3. The van der Waals surface area contributed by atoms with E-state index in [1.807, 2.05) is 53.1 Å². The second-order valence-corrected chi connectivity index (χ2v) is 9.89. The van der Waals surface area contributed by atoms with Crippen LogP contribution >= 0.6 is 0 Å². The minimum atomic E-state index is -0.697. The normalized spacial score (nSPS) is 11.1. The number of fused-ring (bicyclic) bond motifs is 3. The van der Waals surface area contributed by atoms with Crippen molar-refractivity contribution >= 4 is 21.8 Å². The maximum absolute atomic E-state index is 13.7. The first-order chi connectivity index (χ1) is 21.2. The van der Waals surface area contributed by atoms with E-state index in [1.165, 1.54) is 0 Å². The summed E-state index contributed by atoms with van der Waals surface area (Å²) in [6.45, 7) is -1.39. The van der Waals surface area contributed by atoms with E-state index in [2.05, 4.69) is 28.3 Å². The van der Waals surface area contributed by atoms with Gasteiger partial charge in [-0.2, -0.15) is 17.2 Å². The molecule has 220 valence electrons. The first kappa shape index (κ1) is 29.3. The van der Waals surface area contributed by atoms with Gasteiger partial charge in [-0.15, -0.1) is 35.7 Å². The number of ether oxygens (including phenoxy) is 2. The van der Waals surface area contributed by atoms with Crippen LogP contribution in [0.5, 0.6) is 17.2 Å². The van der Waals surface area contributed by atoms with Gasteiger partial charge >= 0.3 is 21.1 Å². The van der Waals surface area contributed by atoms with Gasteiger partial charge in [-0.25, -0.2) is 13.8 Å². The van der Waals surface area contributed by atoms with Crippen LogP contribution < -0.4 is 9.47 Å². The number of rotatable bonds is 8. The molecular formula is C35H24F2N4O2Pt. The standard InChI is InChI=1S/C35H24F2N4O2.Pt/c1-42-27-14-15-38-34(18-27)41-32-11-3-2-10-30(32)31-13-12-29(17-33(31)41)43-28-9-5-8-26(16-28)40-22-25(21-39-40)35-23(19-36)6-4-7-24(35)20-37;/h2-15,18,21-22H,19-20H2,1H3;/q-2;+2. The molecule has 9 heteroatoms. The summed E-state index contributed by atoms with van der Waals surface area (Å²) in [5.74, 6) is 2.36. The van der Waals surface area contributed by atoms with E-state index in [1.54, 1.807) is 60.7 Å². The maximum atomic E-state index is 13.7. The molecule has 3 aromatic heterocycles. The van der Waals surface area contributed by atoms with Gasteiger partial charge in [0.05, 0.1) is 13.3 Å². The minimum Gasteiger partial charge on any atom is -0.509 e. The molecule has 7 rings (SSSR count). The monoisotopic (exact) mass is 765 g/mol. The topological polar surface area (TPSA) is 54.1 Å². The van der Waals surface area contributed by atoms with Gasteiger partial charge < -0.3 is 14.0 Å². The fourth-order valence-corrected chi connectivity index (χ4v) is 5.40. The molecule has 0 bridgehead atoms. The van der Waals surface area contributed by atoms with E-state index >= 15 is 0 Å². The van der Waals surface area contributed by atoms with Gasteiger partial charge in [0.25, 0.3) is 0 Å². The molecule has 0 aliphatic heterocycles. The van der Waals surface area contributed by atoms with Crippen LogP contribution in [0.1, 0.15) is 11.1 Å². The molecule has 0 amide bonds. The minimum absolute atomic E-state index is 0. The van der Waals surface area contributed by atoms with E-state index in [-0.39, 0.29) is 21.1 Å². The summed E-state index contributed by atoms with van der Waals surface area (Å²) in [6, 6.07) is 32.8. The summed E-state index contributed by atoms with van der Waals surface area (Å²) in [6.07, 6.45) is 5.05. The summed E-state index contributed by atoms with van der Waals surface area (Å²) >= 11 is 0. The molecule has 0 aliphatic carbocycles. The van der Waals surface area contributed by atoms with Crippen molar-refractivity contribution in [3.63, 3.8) is 0 Å². The number of nitrogens with zero attached hydrogens (tertiary/aromatic N) is 4. The molecule has 6 nitrogen and oxygen atoms in total. The average Bonchev–Trinajstić information content (AvgIpc) is 3.67. The molecule has 0 aliphatic rings. The summed E-state index contributed by atoms with van der Waals surface area (Å²) in [4.78, 5) is 4.60. The molecule has 0 fully saturated rings. The van der Waals surface area contributed by atoms with Crippen LogP contribution in [0, 0.1) is 12.1 Å². The number of methoxy groups -OCH3 is 1. The van der Waals surface area contributed by atoms with Gasteiger partial charge in [0.2, 0.25) is 0 Å². The fourth-order valence-electron chi connectivity index (χ4n) is 5.40. The Balaban J connectivity index is 0.00000343. The van der Waals surface area contributed by atoms with E-state index in [4.69, 9.17) is 9.47 Å². The van der Waals surface area contributed by atoms with Crippen molar-refractivity contribution in [3.8, 4) is 39.9 Å². The summed E-state index contributed by atoms with van der Waals surface area (Å²) in [5.41, 5.74) is 4.39. The van der Waals surface area contributed by atoms with Gasteiger partial charge in [0, 0.05) is 41.0 Å². The molecule has 7 aromatic rings. The molecular weight excluding hydrogens is 741 g/mol. The van der Waals surface area contributed by atoms with Crippen LogP contribution in [0.2, 0.25) is 0 Å². The predicted octanol–water partition coefficient (Wildman–Crippen LogP) is 8.37. The Kier molecular flexibility index (Phi) is 8.27. The van der Waals surface area contributed by atoms with Gasteiger partial charge in [0.1, 0.15) is 24.9 Å². The molecule has 3 heterocycles. The Morgan fingerprint density at radius 3 is 2.39 bits per heavy atom. The van der Waals surface area contributed by atoms with E-state index < -0.39 is 13.3 Å². The Morgan fingerprint density at radius 1 is 0.818 bits per heavy atom. The first-order valence-electron chi connectivity index (χ1n) is 13.6. The summed E-state index contributed by atoms with van der Waals surface area (Å²) < 4.78 is 42.7. The number of alkyl halides is 2. The zero-order valence-electron chi connectivity index (χ0n) is 23.4. The predicted molar refractivity (Wildman–Crippen MR) is 161 cm³/mol. The number of hydrogen-bond donors (Lipinski definition) is 0. The molecule has 0 saturated heterocycles. The molecule has 0 radical (unpaired) electrons. The van der Waals surface area contributed by atoms with E-state index in [0.29, 0.717) is 51.0 Å². The SMILES string of the molecule is COc1ccnc(-n2c3[c-]c(Oc4[c-]c(-n5cc(-c6c(CF)cccc6CF)cn5)ccc4)ccc3c3ccccc32)c1.[Pt+2]. The van der Waals surface area contributed by atoms with Crippen LogP contribution in [-0.2, 0) is 34.4 Å². The molecule has 0 saturated carbocycles. The maximum Gasteiger partial charge on any atom is 2.00 e. The van der Waals surface area contributed by atoms with Crippen LogP contribution in [0.15, 0.2) is 104 Å². The third kappa shape index (κ3) is 5.26. The summed E-state index contributed by atoms with van der Waals surface area (Å²) in [5, 5.41) is 6.52. The van der Waals surface area contributed by atoms with E-state index in [9.17, 15) is 8.78 Å². The van der Waals surface area contributed by atoms with Gasteiger partial charge in [-0.3, -0.25) is 4.68 Å². The smallest absolute Gasteiger partial charge is 0.509 e. The Hall–Kier alpha value is -4.81. The van der Waals surface area contributed by atoms with Gasteiger partial charge in [0.15, 0.2) is 0 Å². The first-order valence-corrected chi connectivity index (χ1v) is 13.6. The third-order valence-corrected chi connectivity index (χ3v) is 7.35. The number of pyridine rings is 1. The number of aromatic nitrogens is 4. The van der Waals surface area contributed by atoms with Gasteiger partial charge in [-0.05, 0) is 39.9 Å². The van der Waals surface area contributed by atoms with Crippen LogP contribution in [0.25, 0.3) is 44.4 Å². The van der Waals surface area contributed by atoms with Crippen molar-refractivity contribution in [2.75, 3.05) is 7.11 Å². The second-order valence-electron chi connectivity index (χ2n) is 9.89. The molecule has 0 spiro atoms. The van der Waals surface area contributed by atoms with Crippen molar-refractivity contribution in [2.45, 2.75) is 13.3 Å². The quantitative estimate of drug-likeness (QED) is 0.146. The summed E-state index contributed by atoms with van der Waals surface area (Å²) in [7, 11) is 1.63. The molecule has 0 unspecified atom stereocenters. The molecule has 0 N–H and O–H groups in total. The number of benzene rings is 4. The largest absolute Gasteiger partial charge is 2.00 e. The fraction of sp³-hybridized carbons (Fsp3) is 0.0857. The Morgan fingerprint density at radius 2 is 1.59 bits per heavy atom. The van der Waals surface area contributed by atoms with Crippen molar-refractivity contribution < 1.29 is 39.3 Å². The Bertz CT molecular complexity index is 2080. The zero-order valence-corrected chi connectivity index (χ0v) is 25.7. The van der Waals surface area contributed by atoms with Crippen LogP contribution in [0.4, 0.5) is 8.78 Å². The average molecular weight is 766 g/mol. The number of hydrogen-bond acceptors (Lipinski definition) is 4. The van der Waals surface area contributed by atoms with Crippen molar-refractivity contribution in [3.05, 3.63) is 127 Å². The molecule has 44 heavy (non-hydrogen) atoms. The van der Waals surface area contributed by atoms with Crippen LogP contribution in [0.3, 0.4) is 0 Å². The van der Waals surface area contributed by atoms with Crippen molar-refractivity contribution in [2.24, 2.45) is 0 Å². The molecule has 4 aromatic carbocycles. The molecule has 0 atom stereocenters. The van der Waals surface area contributed by atoms with Crippen LogP contribution in [-0.4, -0.2) is 26.4 Å². The second kappa shape index (κ2) is 12.4. The number of para-hydroxylation sites is 1. The van der Waals surface area contributed by atoms with Crippen molar-refractivity contribution in [1.82, 2.24) is 19.3 Å².